The molecule has 0 aromatic heterocycles. The van der Waals surface area contributed by atoms with Crippen molar-refractivity contribution in [1.82, 2.24) is 5.32 Å². The third-order valence-electron chi connectivity index (χ3n) is 9.37. The predicted octanol–water partition coefficient (Wildman–Crippen LogP) is 4.04. The molecule has 1 saturated carbocycles. The number of hydrogen-bond acceptors (Lipinski definition) is 8. The lowest BCUT2D eigenvalue weighted by molar-refractivity contribution is -0.705. The fourth-order valence-corrected chi connectivity index (χ4v) is 7.39. The van der Waals surface area contributed by atoms with Gasteiger partial charge < -0.3 is 29.3 Å². The van der Waals surface area contributed by atoms with E-state index >= 15 is 0 Å². The average molecular weight is 680 g/mol. The molecule has 0 bridgehead atoms. The largest absolute Gasteiger partial charge is 0.601 e. The molecule has 3 amide bonds. The predicted molar refractivity (Wildman–Crippen MR) is 172 cm³/mol. The molecule has 1 aliphatic carbocycles. The Hall–Kier alpha value is -2.51. The summed E-state index contributed by atoms with van der Waals surface area (Å²) in [6.07, 6.45) is 2.75. The van der Waals surface area contributed by atoms with Crippen molar-refractivity contribution in [3.8, 4) is 0 Å². The highest BCUT2D eigenvalue weighted by atomic mass is 35.5. The number of aliphatic hydroxyl groups is 1. The standard InChI is InChI=1S/C32H41ClN3O9P/c1-19(2)24-9-8-20(3)14-26(24)44-31(40)35-28-10-12-36(30(39)34-28)17-32(36)21(4)29(38)27(45-32)16-42-18-46(41)43-13-11-25(37)22-6-5-7-23(33)15-22/h5-7,10,12,15,18-20,24-27,29,37-38H,4,8-9,11,13-14,16-17H2,1-3H3/p+2/t20-,24+,25+,26-,27-,29+,32+,36?/m1/s1. The Morgan fingerprint density at radius 3 is 2.91 bits per heavy atom. The van der Waals surface area contributed by atoms with Crippen LogP contribution in [0.5, 0.6) is 0 Å². The minimum absolute atomic E-state index is 0.0671. The molecular weight excluding hydrogens is 637 g/mol. The van der Waals surface area contributed by atoms with E-state index in [1.807, 2.05) is 0 Å². The molecule has 4 aliphatic rings. The Balaban J connectivity index is 1.12. The molecule has 9 atom stereocenters. The number of urea groups is 1. The number of nitrogens with zero attached hydrogens (tertiary/aromatic N) is 2. The van der Waals surface area contributed by atoms with Crippen LogP contribution < -0.4 is 10.2 Å². The van der Waals surface area contributed by atoms with Gasteiger partial charge in [-0.25, -0.2) is 9.59 Å². The number of quaternary nitrogens is 1. The fraction of sp³-hybridized carbons (Fsp3) is 0.562. The number of carbonyl (C=O) groups excluding carboxylic acids is 2. The number of amides is 3. The number of rotatable bonds is 10. The highest BCUT2D eigenvalue weighted by Crippen LogP contribution is 2.56. The van der Waals surface area contributed by atoms with Crippen LogP contribution in [0.3, 0.4) is 0 Å². The van der Waals surface area contributed by atoms with Crippen molar-refractivity contribution in [3.63, 3.8) is 0 Å². The van der Waals surface area contributed by atoms with Crippen LogP contribution in [0.15, 0.2) is 53.7 Å². The topological polar surface area (TPSA) is 162 Å². The number of aliphatic hydroxyl groups excluding tert-OH is 1. The molecule has 14 heteroatoms. The van der Waals surface area contributed by atoms with Gasteiger partial charge in [0.25, 0.3) is 5.72 Å². The molecule has 250 valence electrons. The maximum atomic E-state index is 13.3. The first-order valence-electron chi connectivity index (χ1n) is 15.6. The zero-order valence-corrected chi connectivity index (χ0v) is 27.9. The SMILES string of the molecule is C=C1[C@H](O)[C@@H](COC=[P+]([O-])OCC[C@H]([OH2+])c2cccc(Cl)c2)O[C@@]12C[N+]21C=CC(=NC(=O)O[C@@H]2C[C@H](C)CC[C@H]2C(C)C)NC1=O. The van der Waals surface area contributed by atoms with Gasteiger partial charge in [-0.15, -0.1) is 0 Å². The molecule has 4 N–H and O–H groups in total. The molecule has 3 aliphatic heterocycles. The van der Waals surface area contributed by atoms with E-state index in [1.165, 1.54) is 6.08 Å². The molecule has 2 unspecified atom stereocenters. The highest BCUT2D eigenvalue weighted by Gasteiger charge is 2.82. The second kappa shape index (κ2) is 14.3. The van der Waals surface area contributed by atoms with E-state index in [-0.39, 0.29) is 42.1 Å². The second-order valence-corrected chi connectivity index (χ2v) is 14.4. The van der Waals surface area contributed by atoms with Gasteiger partial charge in [-0.2, -0.15) is 14.0 Å². The second-order valence-electron chi connectivity index (χ2n) is 12.9. The fourth-order valence-electron chi connectivity index (χ4n) is 6.64. The Morgan fingerprint density at radius 1 is 1.41 bits per heavy atom. The van der Waals surface area contributed by atoms with Gasteiger partial charge in [-0.3, -0.25) is 5.32 Å². The molecule has 0 radical (unpaired) electrons. The molecule has 12 nitrogen and oxygen atoms in total. The van der Waals surface area contributed by atoms with Gasteiger partial charge in [0.1, 0.15) is 37.0 Å². The van der Waals surface area contributed by atoms with E-state index in [0.717, 1.165) is 30.8 Å². The molecule has 1 aromatic rings. The number of ether oxygens (including phenoxy) is 3. The van der Waals surface area contributed by atoms with Crippen LogP contribution in [-0.2, 0) is 18.7 Å². The Labute approximate surface area is 274 Å². The van der Waals surface area contributed by atoms with E-state index < -0.39 is 44.2 Å². The number of carbonyl (C=O) groups is 2. The number of aliphatic imine (C=N–C) groups is 1. The molecule has 3 heterocycles. The smallest absolute Gasteiger partial charge is 0.435 e. The summed E-state index contributed by atoms with van der Waals surface area (Å²) in [6, 6.07) is 6.52. The summed E-state index contributed by atoms with van der Waals surface area (Å²) in [5.74, 6) is 2.20. The summed E-state index contributed by atoms with van der Waals surface area (Å²) in [7, 11) is -2.29. The van der Waals surface area contributed by atoms with Crippen molar-refractivity contribution in [3.05, 3.63) is 59.3 Å². The molecular formula is C32H43ClN3O9P+2. The van der Waals surface area contributed by atoms with Crippen LogP contribution in [-0.4, -0.2) is 82.4 Å². The minimum Gasteiger partial charge on any atom is -0.601 e. The lowest BCUT2D eigenvalue weighted by atomic mass is 9.75. The summed E-state index contributed by atoms with van der Waals surface area (Å²) in [6.45, 7) is 10.5. The van der Waals surface area contributed by atoms with Crippen LogP contribution in [0.2, 0.25) is 5.02 Å². The summed E-state index contributed by atoms with van der Waals surface area (Å²) < 4.78 is 22.3. The average Bonchev–Trinajstić information content (AvgIpc) is 3.58. The highest BCUT2D eigenvalue weighted by molar-refractivity contribution is 7.44. The Kier molecular flexibility index (Phi) is 10.8. The van der Waals surface area contributed by atoms with Gasteiger partial charge in [0.2, 0.25) is 14.0 Å². The van der Waals surface area contributed by atoms with Crippen molar-refractivity contribution in [2.75, 3.05) is 19.8 Å². The van der Waals surface area contributed by atoms with Crippen molar-refractivity contribution in [1.29, 1.82) is 0 Å². The maximum absolute atomic E-state index is 13.3. The third kappa shape index (κ3) is 7.31. The monoisotopic (exact) mass is 679 g/mol. The first kappa shape index (κ1) is 34.8. The van der Waals surface area contributed by atoms with Crippen molar-refractivity contribution < 1.29 is 47.9 Å². The zero-order valence-electron chi connectivity index (χ0n) is 26.3. The molecule has 46 heavy (non-hydrogen) atoms. The van der Waals surface area contributed by atoms with Gasteiger partial charge in [0.05, 0.1) is 18.6 Å². The first-order valence-corrected chi connectivity index (χ1v) is 17.2. The van der Waals surface area contributed by atoms with Gasteiger partial charge in [0, 0.05) is 16.7 Å². The number of halogens is 1. The van der Waals surface area contributed by atoms with E-state index in [4.69, 9.17) is 35.4 Å². The summed E-state index contributed by atoms with van der Waals surface area (Å²) in [5.41, 5.74) is -0.152. The maximum Gasteiger partial charge on any atom is 0.435 e. The van der Waals surface area contributed by atoms with Gasteiger partial charge in [0.15, 0.2) is 12.6 Å². The third-order valence-corrected chi connectivity index (χ3v) is 10.4. The first-order chi connectivity index (χ1) is 21.8. The normalized spacial score (nSPS) is 34.0. The van der Waals surface area contributed by atoms with Crippen LogP contribution in [0.4, 0.5) is 9.59 Å². The number of benzene rings is 1. The van der Waals surface area contributed by atoms with Crippen LogP contribution in [0.25, 0.3) is 0 Å². The number of nitrogens with one attached hydrogen (secondary N) is 1. The van der Waals surface area contributed by atoms with Crippen molar-refractivity contribution >= 4 is 43.5 Å². The van der Waals surface area contributed by atoms with Gasteiger partial charge in [-0.1, -0.05) is 57.5 Å². The number of hydrogen-bond donors (Lipinski definition) is 2. The van der Waals surface area contributed by atoms with E-state index in [9.17, 15) is 19.6 Å². The molecule has 5 rings (SSSR count). The van der Waals surface area contributed by atoms with Crippen LogP contribution >= 0.6 is 19.6 Å². The van der Waals surface area contributed by atoms with E-state index in [0.29, 0.717) is 28.9 Å². The van der Waals surface area contributed by atoms with Crippen molar-refractivity contribution in [2.24, 2.45) is 22.7 Å². The van der Waals surface area contributed by atoms with Crippen molar-refractivity contribution in [2.45, 2.75) is 76.6 Å². The molecule has 1 aromatic carbocycles. The molecule has 2 saturated heterocycles. The zero-order chi connectivity index (χ0) is 33.2. The van der Waals surface area contributed by atoms with Gasteiger partial charge >= 0.3 is 12.1 Å². The van der Waals surface area contributed by atoms with Gasteiger partial charge in [-0.05, 0) is 42.7 Å². The van der Waals surface area contributed by atoms with Crippen LogP contribution in [0.1, 0.15) is 58.1 Å². The number of amidine groups is 1. The minimum atomic E-state index is -2.29. The summed E-state index contributed by atoms with van der Waals surface area (Å²) in [5, 5.41) is 22.2. The molecule has 2 spiro atoms. The van der Waals surface area contributed by atoms with E-state index in [2.05, 4.69) is 37.7 Å². The summed E-state index contributed by atoms with van der Waals surface area (Å²) in [4.78, 5) is 42.3. The molecule has 3 fully saturated rings. The Morgan fingerprint density at radius 2 is 2.20 bits per heavy atom. The Bertz CT molecular complexity index is 1440. The summed E-state index contributed by atoms with van der Waals surface area (Å²) >= 11 is 5.98. The number of fused-ring (bicyclic) bond motifs is 1. The lowest BCUT2D eigenvalue weighted by Crippen LogP contribution is -2.50. The lowest BCUT2D eigenvalue weighted by Gasteiger charge is -2.36. The van der Waals surface area contributed by atoms with E-state index in [1.54, 1.807) is 30.5 Å². The quantitative estimate of drug-likeness (QED) is 0.123. The van der Waals surface area contributed by atoms with Crippen LogP contribution in [0, 0.1) is 17.8 Å².